The molecular formula is C11H17N7S. The van der Waals surface area contributed by atoms with E-state index in [4.69, 9.17) is 0 Å². The number of hydrogen-bond donors (Lipinski definition) is 2. The summed E-state index contributed by atoms with van der Waals surface area (Å²) >= 11 is 1.51. The van der Waals surface area contributed by atoms with E-state index in [1.165, 1.54) is 11.8 Å². The van der Waals surface area contributed by atoms with Gasteiger partial charge in [-0.3, -0.25) is 4.68 Å². The maximum Gasteiger partial charge on any atom is 0.191 e. The predicted molar refractivity (Wildman–Crippen MR) is 76.3 cm³/mol. The van der Waals surface area contributed by atoms with E-state index in [0.717, 1.165) is 29.2 Å². The van der Waals surface area contributed by atoms with E-state index in [9.17, 15) is 0 Å². The number of thioether (sulfide) groups is 1. The lowest BCUT2D eigenvalue weighted by Gasteiger charge is -2.08. The molecule has 0 unspecified atom stereocenters. The highest BCUT2D eigenvalue weighted by atomic mass is 32.2. The molecule has 0 aliphatic rings. The van der Waals surface area contributed by atoms with Gasteiger partial charge in [0.15, 0.2) is 11.0 Å². The summed E-state index contributed by atoms with van der Waals surface area (Å²) < 4.78 is 1.67. The van der Waals surface area contributed by atoms with E-state index in [1.807, 2.05) is 26.3 Å². The second-order valence-electron chi connectivity index (χ2n) is 3.84. The van der Waals surface area contributed by atoms with Crippen LogP contribution in [0.1, 0.15) is 12.7 Å². The zero-order valence-electron chi connectivity index (χ0n) is 11.2. The first-order valence-electron chi connectivity index (χ1n) is 5.96. The lowest BCUT2D eigenvalue weighted by Crippen LogP contribution is -2.07. The predicted octanol–water partition coefficient (Wildman–Crippen LogP) is 1.37. The summed E-state index contributed by atoms with van der Waals surface area (Å²) in [6.07, 6.45) is 3.63. The first kappa shape index (κ1) is 13.6. The van der Waals surface area contributed by atoms with Gasteiger partial charge in [-0.25, -0.2) is 15.0 Å². The van der Waals surface area contributed by atoms with Gasteiger partial charge in [-0.1, -0.05) is 11.8 Å². The van der Waals surface area contributed by atoms with Gasteiger partial charge in [0.25, 0.3) is 0 Å². The van der Waals surface area contributed by atoms with Crippen molar-refractivity contribution in [2.75, 3.05) is 23.4 Å². The standard InChI is InChI=1S/C11H17N7S/c1-4-12-8-5-9(16-11(15-8)19-3)13-6-10-14-7-18(2)17-10/h5,7H,4,6H2,1-3H3,(H2,12,13,15,16). The number of nitrogens with one attached hydrogen (secondary N) is 2. The minimum absolute atomic E-state index is 0.539. The summed E-state index contributed by atoms with van der Waals surface area (Å²) in [5, 5.41) is 11.3. The molecule has 7 nitrogen and oxygen atoms in total. The van der Waals surface area contributed by atoms with E-state index in [0.29, 0.717) is 6.54 Å². The average molecular weight is 279 g/mol. The second kappa shape index (κ2) is 6.37. The molecule has 2 aromatic heterocycles. The van der Waals surface area contributed by atoms with Gasteiger partial charge in [0, 0.05) is 19.7 Å². The van der Waals surface area contributed by atoms with Gasteiger partial charge < -0.3 is 10.6 Å². The highest BCUT2D eigenvalue weighted by Gasteiger charge is 2.05. The van der Waals surface area contributed by atoms with Gasteiger partial charge in [0.2, 0.25) is 0 Å². The Kier molecular flexibility index (Phi) is 4.56. The van der Waals surface area contributed by atoms with Crippen molar-refractivity contribution in [3.8, 4) is 0 Å². The fourth-order valence-electron chi connectivity index (χ4n) is 1.51. The van der Waals surface area contributed by atoms with E-state index in [-0.39, 0.29) is 0 Å². The van der Waals surface area contributed by atoms with Crippen LogP contribution >= 0.6 is 11.8 Å². The van der Waals surface area contributed by atoms with E-state index >= 15 is 0 Å². The molecule has 0 saturated carbocycles. The van der Waals surface area contributed by atoms with Gasteiger partial charge in [-0.05, 0) is 13.2 Å². The van der Waals surface area contributed by atoms with E-state index in [2.05, 4.69) is 30.7 Å². The maximum atomic E-state index is 4.39. The first-order chi connectivity index (χ1) is 9.21. The fraction of sp³-hybridized carbons (Fsp3) is 0.455. The van der Waals surface area contributed by atoms with E-state index < -0.39 is 0 Å². The number of aryl methyl sites for hydroxylation is 1. The van der Waals surface area contributed by atoms with Crippen LogP contribution in [0.3, 0.4) is 0 Å². The van der Waals surface area contributed by atoms with Crippen molar-refractivity contribution in [2.45, 2.75) is 18.6 Å². The number of nitrogens with zero attached hydrogens (tertiary/aromatic N) is 5. The number of anilines is 2. The van der Waals surface area contributed by atoms with Gasteiger partial charge in [0.1, 0.15) is 18.0 Å². The SMILES string of the molecule is CCNc1cc(NCc2ncn(C)n2)nc(SC)n1. The molecular weight excluding hydrogens is 262 g/mol. The molecule has 19 heavy (non-hydrogen) atoms. The molecule has 102 valence electrons. The molecule has 0 amide bonds. The fourth-order valence-corrected chi connectivity index (χ4v) is 1.89. The Hall–Kier alpha value is -1.83. The molecule has 0 radical (unpaired) electrons. The number of aromatic nitrogens is 5. The monoisotopic (exact) mass is 279 g/mol. The van der Waals surface area contributed by atoms with Crippen molar-refractivity contribution in [2.24, 2.45) is 7.05 Å². The molecule has 0 atom stereocenters. The summed E-state index contributed by atoms with van der Waals surface area (Å²) in [6.45, 7) is 3.40. The summed E-state index contributed by atoms with van der Waals surface area (Å²) in [6, 6.07) is 1.88. The Balaban J connectivity index is 2.08. The Bertz CT molecular complexity index is 540. The molecule has 0 aromatic carbocycles. The summed E-state index contributed by atoms with van der Waals surface area (Å²) in [7, 11) is 1.84. The Morgan fingerprint density at radius 1 is 1.26 bits per heavy atom. The number of rotatable bonds is 6. The van der Waals surface area contributed by atoms with Crippen molar-refractivity contribution in [1.82, 2.24) is 24.7 Å². The molecule has 0 aliphatic carbocycles. The van der Waals surface area contributed by atoms with Crippen molar-refractivity contribution in [3.05, 3.63) is 18.2 Å². The third-order valence-electron chi connectivity index (χ3n) is 2.32. The second-order valence-corrected chi connectivity index (χ2v) is 4.62. The largest absolute Gasteiger partial charge is 0.370 e. The van der Waals surface area contributed by atoms with Crippen LogP contribution in [0.5, 0.6) is 0 Å². The molecule has 2 aromatic rings. The quantitative estimate of drug-likeness (QED) is 0.610. The van der Waals surface area contributed by atoms with Crippen LogP contribution in [0.15, 0.2) is 17.6 Å². The summed E-state index contributed by atoms with van der Waals surface area (Å²) in [5.41, 5.74) is 0. The average Bonchev–Trinajstić information content (AvgIpc) is 2.82. The van der Waals surface area contributed by atoms with Crippen LogP contribution in [0.4, 0.5) is 11.6 Å². The van der Waals surface area contributed by atoms with Gasteiger partial charge in [-0.15, -0.1) is 0 Å². The van der Waals surface area contributed by atoms with Crippen LogP contribution in [-0.2, 0) is 13.6 Å². The van der Waals surface area contributed by atoms with Gasteiger partial charge in [0.05, 0.1) is 6.54 Å². The third-order valence-corrected chi connectivity index (χ3v) is 2.87. The van der Waals surface area contributed by atoms with Crippen LogP contribution in [0, 0.1) is 0 Å². The lowest BCUT2D eigenvalue weighted by atomic mass is 10.5. The third kappa shape index (κ3) is 3.82. The molecule has 0 fully saturated rings. The summed E-state index contributed by atoms with van der Waals surface area (Å²) in [4.78, 5) is 12.9. The normalized spacial score (nSPS) is 10.5. The molecule has 2 N–H and O–H groups in total. The molecule has 8 heteroatoms. The molecule has 0 aliphatic heterocycles. The van der Waals surface area contributed by atoms with Gasteiger partial charge in [-0.2, -0.15) is 5.10 Å². The minimum atomic E-state index is 0.539. The minimum Gasteiger partial charge on any atom is -0.370 e. The lowest BCUT2D eigenvalue weighted by molar-refractivity contribution is 0.746. The van der Waals surface area contributed by atoms with Crippen LogP contribution in [-0.4, -0.2) is 37.5 Å². The van der Waals surface area contributed by atoms with Crippen molar-refractivity contribution in [1.29, 1.82) is 0 Å². The van der Waals surface area contributed by atoms with Crippen LogP contribution < -0.4 is 10.6 Å². The van der Waals surface area contributed by atoms with Crippen LogP contribution in [0.2, 0.25) is 0 Å². The van der Waals surface area contributed by atoms with Crippen LogP contribution in [0.25, 0.3) is 0 Å². The zero-order valence-corrected chi connectivity index (χ0v) is 12.0. The molecule has 2 rings (SSSR count). The Labute approximate surface area is 116 Å². The molecule has 0 bridgehead atoms. The highest BCUT2D eigenvalue weighted by Crippen LogP contribution is 2.17. The number of hydrogen-bond acceptors (Lipinski definition) is 7. The van der Waals surface area contributed by atoms with Crippen molar-refractivity contribution in [3.63, 3.8) is 0 Å². The highest BCUT2D eigenvalue weighted by molar-refractivity contribution is 7.98. The Morgan fingerprint density at radius 2 is 2.00 bits per heavy atom. The van der Waals surface area contributed by atoms with Gasteiger partial charge >= 0.3 is 0 Å². The molecule has 2 heterocycles. The van der Waals surface area contributed by atoms with Crippen molar-refractivity contribution >= 4 is 23.4 Å². The topological polar surface area (TPSA) is 80.5 Å². The maximum absolute atomic E-state index is 4.39. The summed E-state index contributed by atoms with van der Waals surface area (Å²) in [5.74, 6) is 2.32. The Morgan fingerprint density at radius 3 is 2.58 bits per heavy atom. The zero-order chi connectivity index (χ0) is 13.7. The molecule has 0 spiro atoms. The first-order valence-corrected chi connectivity index (χ1v) is 7.19. The van der Waals surface area contributed by atoms with Crippen molar-refractivity contribution < 1.29 is 0 Å². The van der Waals surface area contributed by atoms with E-state index in [1.54, 1.807) is 11.0 Å². The molecule has 0 saturated heterocycles. The smallest absolute Gasteiger partial charge is 0.191 e.